The van der Waals surface area contributed by atoms with Gasteiger partial charge in [0.15, 0.2) is 11.6 Å². The molecule has 0 saturated carbocycles. The number of nitrogens with zero attached hydrogens (tertiary/aromatic N) is 1. The van der Waals surface area contributed by atoms with Gasteiger partial charge in [-0.3, -0.25) is 14.5 Å². The van der Waals surface area contributed by atoms with Gasteiger partial charge in [-0.15, -0.1) is 0 Å². The molecule has 3 rings (SSSR count). The molecule has 0 aliphatic carbocycles. The predicted molar refractivity (Wildman–Crippen MR) is 91.8 cm³/mol. The lowest BCUT2D eigenvalue weighted by Crippen LogP contribution is -2.45. The molecule has 7 nitrogen and oxygen atoms in total. The van der Waals surface area contributed by atoms with Crippen LogP contribution in [0, 0.1) is 11.6 Å². The first-order valence-corrected chi connectivity index (χ1v) is 8.44. The molecular weight excluding hydrogens is 360 g/mol. The van der Waals surface area contributed by atoms with Gasteiger partial charge in [-0.05, 0) is 24.3 Å². The second-order valence-corrected chi connectivity index (χ2v) is 5.97. The first kappa shape index (κ1) is 19.0. The van der Waals surface area contributed by atoms with Crippen molar-refractivity contribution in [3.63, 3.8) is 0 Å². The van der Waals surface area contributed by atoms with Gasteiger partial charge in [0.05, 0.1) is 25.5 Å². The lowest BCUT2D eigenvalue weighted by Gasteiger charge is -2.33. The summed E-state index contributed by atoms with van der Waals surface area (Å²) in [5.74, 6) is -3.34. The minimum Gasteiger partial charge on any atom is -0.468 e. The second kappa shape index (κ2) is 8.74. The molecule has 1 aliphatic rings. The molecule has 1 aliphatic heterocycles. The summed E-state index contributed by atoms with van der Waals surface area (Å²) in [6.07, 6.45) is 1.54. The van der Waals surface area contributed by atoms with Gasteiger partial charge in [-0.25, -0.2) is 8.78 Å². The zero-order valence-corrected chi connectivity index (χ0v) is 14.4. The molecule has 1 aromatic heterocycles. The van der Waals surface area contributed by atoms with E-state index < -0.39 is 23.4 Å². The summed E-state index contributed by atoms with van der Waals surface area (Å²) in [7, 11) is 0. The number of amides is 2. The van der Waals surface area contributed by atoms with Crippen molar-refractivity contribution in [3.05, 3.63) is 54.0 Å². The minimum atomic E-state index is -1.11. The molecule has 1 atom stereocenters. The smallest absolute Gasteiger partial charge is 0.313 e. The monoisotopic (exact) mass is 379 g/mol. The Morgan fingerprint density at radius 1 is 1.11 bits per heavy atom. The number of ether oxygens (including phenoxy) is 1. The maximum absolute atomic E-state index is 13.2. The zero-order valence-electron chi connectivity index (χ0n) is 14.4. The van der Waals surface area contributed by atoms with Gasteiger partial charge in [0.1, 0.15) is 5.76 Å². The number of hydrogen-bond acceptors (Lipinski definition) is 5. The van der Waals surface area contributed by atoms with Crippen LogP contribution in [-0.2, 0) is 14.3 Å². The van der Waals surface area contributed by atoms with Crippen molar-refractivity contribution in [2.24, 2.45) is 0 Å². The average Bonchev–Trinajstić information content (AvgIpc) is 3.20. The van der Waals surface area contributed by atoms with Crippen LogP contribution in [0.2, 0.25) is 0 Å². The molecule has 2 N–H and O–H groups in total. The molecule has 0 radical (unpaired) electrons. The summed E-state index contributed by atoms with van der Waals surface area (Å²) in [6, 6.07) is 6.15. The van der Waals surface area contributed by atoms with Gasteiger partial charge in [0.25, 0.3) is 0 Å². The summed E-state index contributed by atoms with van der Waals surface area (Å²) >= 11 is 0. The maximum Gasteiger partial charge on any atom is 0.313 e. The quantitative estimate of drug-likeness (QED) is 0.773. The number of anilines is 1. The van der Waals surface area contributed by atoms with E-state index in [1.165, 1.54) is 6.07 Å². The number of morpholine rings is 1. The van der Waals surface area contributed by atoms with Crippen LogP contribution in [0.3, 0.4) is 0 Å². The van der Waals surface area contributed by atoms with E-state index >= 15 is 0 Å². The fraction of sp³-hybridized carbons (Fsp3) is 0.333. The van der Waals surface area contributed by atoms with Crippen LogP contribution in [0.1, 0.15) is 11.8 Å². The standard InChI is InChI=1S/C18H19F2N3O4/c19-13-4-3-12(10-14(13)20)22-18(25)17(24)21-11-15(16-2-1-7-27-16)23-5-8-26-9-6-23/h1-4,7,10,15H,5-6,8-9,11H2,(H,21,24)(H,22,25). The van der Waals surface area contributed by atoms with Crippen LogP contribution in [-0.4, -0.2) is 49.6 Å². The lowest BCUT2D eigenvalue weighted by molar-refractivity contribution is -0.136. The molecule has 27 heavy (non-hydrogen) atoms. The number of hydrogen-bond donors (Lipinski definition) is 2. The third kappa shape index (κ3) is 4.89. The lowest BCUT2D eigenvalue weighted by atomic mass is 10.1. The van der Waals surface area contributed by atoms with Crippen molar-refractivity contribution in [1.82, 2.24) is 10.2 Å². The number of halogens is 2. The van der Waals surface area contributed by atoms with E-state index in [9.17, 15) is 18.4 Å². The third-order valence-corrected chi connectivity index (χ3v) is 4.20. The van der Waals surface area contributed by atoms with E-state index in [1.807, 2.05) is 0 Å². The van der Waals surface area contributed by atoms with Gasteiger partial charge in [0.2, 0.25) is 0 Å². The molecule has 2 aromatic rings. The van der Waals surface area contributed by atoms with Crippen LogP contribution < -0.4 is 10.6 Å². The highest BCUT2D eigenvalue weighted by atomic mass is 19.2. The number of furan rings is 1. The number of carbonyl (C=O) groups excluding carboxylic acids is 2. The minimum absolute atomic E-state index is 0.00943. The number of benzene rings is 1. The van der Waals surface area contributed by atoms with E-state index in [0.717, 1.165) is 12.1 Å². The van der Waals surface area contributed by atoms with E-state index in [2.05, 4.69) is 15.5 Å². The van der Waals surface area contributed by atoms with Crippen molar-refractivity contribution in [1.29, 1.82) is 0 Å². The Morgan fingerprint density at radius 2 is 1.89 bits per heavy atom. The van der Waals surface area contributed by atoms with Crippen LogP contribution in [0.15, 0.2) is 41.0 Å². The summed E-state index contributed by atoms with van der Waals surface area (Å²) in [5.41, 5.74) is -0.00943. The van der Waals surface area contributed by atoms with Crippen molar-refractivity contribution in [3.8, 4) is 0 Å². The summed E-state index contributed by atoms with van der Waals surface area (Å²) in [4.78, 5) is 26.2. The van der Waals surface area contributed by atoms with Crippen LogP contribution >= 0.6 is 0 Å². The van der Waals surface area contributed by atoms with E-state index in [4.69, 9.17) is 9.15 Å². The van der Waals surface area contributed by atoms with Crippen LogP contribution in [0.25, 0.3) is 0 Å². The SMILES string of the molecule is O=C(NCC(c1ccco1)N1CCOCC1)C(=O)Nc1ccc(F)c(F)c1. The molecule has 9 heteroatoms. The van der Waals surface area contributed by atoms with Gasteiger partial charge in [-0.1, -0.05) is 0 Å². The molecule has 1 saturated heterocycles. The summed E-state index contributed by atoms with van der Waals surface area (Å²) in [6.45, 7) is 2.63. The van der Waals surface area contributed by atoms with E-state index in [-0.39, 0.29) is 18.3 Å². The molecule has 0 bridgehead atoms. The molecule has 1 fully saturated rings. The average molecular weight is 379 g/mol. The molecule has 2 amide bonds. The molecule has 1 aromatic carbocycles. The Hall–Kier alpha value is -2.78. The van der Waals surface area contributed by atoms with Gasteiger partial charge in [0, 0.05) is 31.4 Å². The van der Waals surface area contributed by atoms with Gasteiger partial charge < -0.3 is 19.8 Å². The van der Waals surface area contributed by atoms with Gasteiger partial charge in [-0.2, -0.15) is 0 Å². The Kier molecular flexibility index (Phi) is 6.15. The van der Waals surface area contributed by atoms with Crippen LogP contribution in [0.4, 0.5) is 14.5 Å². The number of nitrogens with one attached hydrogen (secondary N) is 2. The fourth-order valence-electron chi connectivity index (χ4n) is 2.81. The van der Waals surface area contributed by atoms with Crippen molar-refractivity contribution < 1.29 is 27.5 Å². The fourth-order valence-corrected chi connectivity index (χ4v) is 2.81. The highest BCUT2D eigenvalue weighted by molar-refractivity contribution is 6.39. The molecular formula is C18H19F2N3O4. The first-order chi connectivity index (χ1) is 13.0. The van der Waals surface area contributed by atoms with Crippen molar-refractivity contribution in [2.45, 2.75) is 6.04 Å². The largest absolute Gasteiger partial charge is 0.468 e. The number of carbonyl (C=O) groups is 2. The zero-order chi connectivity index (χ0) is 19.2. The van der Waals surface area contributed by atoms with Gasteiger partial charge >= 0.3 is 11.8 Å². The summed E-state index contributed by atoms with van der Waals surface area (Å²) in [5, 5.41) is 4.79. The van der Waals surface area contributed by atoms with Crippen molar-refractivity contribution >= 4 is 17.5 Å². The Morgan fingerprint density at radius 3 is 2.56 bits per heavy atom. The highest BCUT2D eigenvalue weighted by Gasteiger charge is 2.26. The highest BCUT2D eigenvalue weighted by Crippen LogP contribution is 2.21. The Bertz CT molecular complexity index is 792. The second-order valence-electron chi connectivity index (χ2n) is 5.97. The Balaban J connectivity index is 1.59. The molecule has 144 valence electrons. The predicted octanol–water partition coefficient (Wildman–Crippen LogP) is 1.69. The van der Waals surface area contributed by atoms with Crippen molar-refractivity contribution in [2.75, 3.05) is 38.2 Å². The molecule has 1 unspecified atom stereocenters. The summed E-state index contributed by atoms with van der Waals surface area (Å²) < 4.78 is 36.9. The Labute approximate surface area is 154 Å². The van der Waals surface area contributed by atoms with Crippen LogP contribution in [0.5, 0.6) is 0 Å². The number of rotatable bonds is 5. The molecule has 0 spiro atoms. The topological polar surface area (TPSA) is 83.8 Å². The molecule has 2 heterocycles. The van der Waals surface area contributed by atoms with E-state index in [0.29, 0.717) is 32.1 Å². The normalized spacial score (nSPS) is 15.9. The van der Waals surface area contributed by atoms with E-state index in [1.54, 1.807) is 18.4 Å². The first-order valence-electron chi connectivity index (χ1n) is 8.44. The maximum atomic E-state index is 13.2. The third-order valence-electron chi connectivity index (χ3n) is 4.20.